The molecule has 0 aliphatic rings. The summed E-state index contributed by atoms with van der Waals surface area (Å²) in [6.45, 7) is 0.0294. The van der Waals surface area contributed by atoms with Crippen LogP contribution in [-0.4, -0.2) is 49.5 Å². The van der Waals surface area contributed by atoms with Gasteiger partial charge in [-0.3, -0.25) is 4.79 Å². The molecule has 0 spiro atoms. The summed E-state index contributed by atoms with van der Waals surface area (Å²) in [6, 6.07) is 28.4. The molecule has 1 amide bonds. The van der Waals surface area contributed by atoms with Gasteiger partial charge in [0.25, 0.3) is 5.91 Å². The minimum Gasteiger partial charge on any atom is -0.459 e. The molecule has 1 aromatic heterocycles. The molecule has 10 heteroatoms. The highest BCUT2D eigenvalue weighted by molar-refractivity contribution is 6.30. The Morgan fingerprint density at radius 1 is 0.902 bits per heavy atom. The first kappa shape index (κ1) is 27.8. The standard InChI is InChI=1S/C31H27ClN4O5/c32-25-8-4-7-23(16-25)22-11-9-20(10-12-22)15-26(18-29(37)31(39)41-19-21-5-2-1-3-6-21)33-30(38)24-13-14-27-28(17-24)36(40)35-34-27/h1-14,16-17,26,29,37,40H,15,18-19H2,(H,33,38)/t26-,29-/m1/s1. The largest absolute Gasteiger partial charge is 0.459 e. The van der Waals surface area contributed by atoms with Gasteiger partial charge < -0.3 is 20.4 Å². The number of nitrogens with one attached hydrogen (secondary N) is 1. The van der Waals surface area contributed by atoms with Crippen LogP contribution in [0.2, 0.25) is 5.02 Å². The molecule has 208 valence electrons. The summed E-state index contributed by atoms with van der Waals surface area (Å²) in [6.07, 6.45) is -1.19. The van der Waals surface area contributed by atoms with Gasteiger partial charge in [-0.1, -0.05) is 83.2 Å². The van der Waals surface area contributed by atoms with E-state index in [2.05, 4.69) is 15.6 Å². The number of benzene rings is 4. The van der Waals surface area contributed by atoms with Gasteiger partial charge in [0.2, 0.25) is 0 Å². The maximum Gasteiger partial charge on any atom is 0.335 e. The van der Waals surface area contributed by atoms with Crippen molar-refractivity contribution in [1.82, 2.24) is 20.5 Å². The van der Waals surface area contributed by atoms with Crippen molar-refractivity contribution in [2.75, 3.05) is 0 Å². The Morgan fingerprint density at radius 3 is 2.44 bits per heavy atom. The predicted octanol–water partition coefficient (Wildman–Crippen LogP) is 4.82. The number of hydrogen-bond acceptors (Lipinski definition) is 7. The number of amides is 1. The molecule has 0 saturated heterocycles. The van der Waals surface area contributed by atoms with Crippen LogP contribution in [-0.2, 0) is 22.6 Å². The first-order valence-corrected chi connectivity index (χ1v) is 13.3. The fraction of sp³-hybridized carbons (Fsp3) is 0.161. The number of halogens is 1. The zero-order chi connectivity index (χ0) is 28.8. The number of aliphatic hydroxyl groups excluding tert-OH is 1. The molecule has 5 aromatic rings. The van der Waals surface area contributed by atoms with Crippen molar-refractivity contribution in [3.63, 3.8) is 0 Å². The fourth-order valence-electron chi connectivity index (χ4n) is 4.49. The van der Waals surface area contributed by atoms with E-state index in [1.165, 1.54) is 6.07 Å². The summed E-state index contributed by atoms with van der Waals surface area (Å²) in [5.41, 5.74) is 4.59. The lowest BCUT2D eigenvalue weighted by Gasteiger charge is -2.22. The molecule has 0 aliphatic heterocycles. The smallest absolute Gasteiger partial charge is 0.335 e. The summed E-state index contributed by atoms with van der Waals surface area (Å²) in [5, 5.41) is 31.5. The van der Waals surface area contributed by atoms with E-state index >= 15 is 0 Å². The second-order valence-corrected chi connectivity index (χ2v) is 10.0. The highest BCUT2D eigenvalue weighted by atomic mass is 35.5. The van der Waals surface area contributed by atoms with Crippen LogP contribution < -0.4 is 5.32 Å². The van der Waals surface area contributed by atoms with E-state index < -0.39 is 24.0 Å². The summed E-state index contributed by atoms with van der Waals surface area (Å²) >= 11 is 6.14. The van der Waals surface area contributed by atoms with Gasteiger partial charge in [-0.25, -0.2) is 4.79 Å². The number of rotatable bonds is 10. The van der Waals surface area contributed by atoms with Crippen LogP contribution in [0.3, 0.4) is 0 Å². The van der Waals surface area contributed by atoms with E-state index in [-0.39, 0.29) is 24.1 Å². The Bertz CT molecular complexity index is 1660. The van der Waals surface area contributed by atoms with Crippen molar-refractivity contribution < 1.29 is 24.6 Å². The Hall–Kier alpha value is -4.73. The molecule has 2 atom stereocenters. The predicted molar refractivity (Wildman–Crippen MR) is 153 cm³/mol. The quantitative estimate of drug-likeness (QED) is 0.162. The number of ether oxygens (including phenoxy) is 1. The van der Waals surface area contributed by atoms with Gasteiger partial charge in [-0.05, 0) is 64.2 Å². The summed E-state index contributed by atoms with van der Waals surface area (Å²) in [7, 11) is 0. The van der Waals surface area contributed by atoms with Gasteiger partial charge in [-0.2, -0.15) is 0 Å². The van der Waals surface area contributed by atoms with Crippen molar-refractivity contribution in [2.24, 2.45) is 0 Å². The van der Waals surface area contributed by atoms with E-state index in [1.54, 1.807) is 12.1 Å². The fourth-order valence-corrected chi connectivity index (χ4v) is 4.68. The number of hydrogen-bond donors (Lipinski definition) is 3. The summed E-state index contributed by atoms with van der Waals surface area (Å²) < 4.78 is 5.30. The third-order valence-electron chi connectivity index (χ3n) is 6.62. The van der Waals surface area contributed by atoms with E-state index in [0.29, 0.717) is 21.8 Å². The van der Waals surface area contributed by atoms with Crippen LogP contribution in [0.4, 0.5) is 0 Å². The number of fused-ring (bicyclic) bond motifs is 1. The van der Waals surface area contributed by atoms with Crippen LogP contribution in [0.25, 0.3) is 22.2 Å². The molecule has 9 nitrogen and oxygen atoms in total. The number of carbonyl (C=O) groups is 2. The lowest BCUT2D eigenvalue weighted by Crippen LogP contribution is -2.41. The SMILES string of the molecule is O=C(N[C@H](Cc1ccc(-c2cccc(Cl)c2)cc1)C[C@@H](O)C(=O)OCc1ccccc1)c1ccc2nnn(O)c2c1. The maximum absolute atomic E-state index is 13.2. The van der Waals surface area contributed by atoms with Crippen LogP contribution in [0, 0.1) is 0 Å². The molecule has 0 unspecified atom stereocenters. The van der Waals surface area contributed by atoms with Gasteiger partial charge >= 0.3 is 5.97 Å². The Kier molecular flexibility index (Phi) is 8.57. The van der Waals surface area contributed by atoms with E-state index in [9.17, 15) is 19.9 Å². The van der Waals surface area contributed by atoms with Crippen molar-refractivity contribution >= 4 is 34.5 Å². The average Bonchev–Trinajstić information content (AvgIpc) is 3.36. The van der Waals surface area contributed by atoms with E-state index in [4.69, 9.17) is 16.3 Å². The Labute approximate surface area is 240 Å². The summed E-state index contributed by atoms with van der Waals surface area (Å²) in [4.78, 5) is 26.4. The molecule has 0 fully saturated rings. The van der Waals surface area contributed by atoms with Gasteiger partial charge in [0.05, 0.1) is 0 Å². The van der Waals surface area contributed by atoms with Crippen molar-refractivity contribution in [2.45, 2.75) is 31.6 Å². The van der Waals surface area contributed by atoms with Gasteiger partial charge in [0, 0.05) is 23.0 Å². The number of nitrogens with zero attached hydrogens (tertiary/aromatic N) is 3. The zero-order valence-electron chi connectivity index (χ0n) is 21.9. The molecule has 1 heterocycles. The second-order valence-electron chi connectivity index (χ2n) is 9.61. The molecular formula is C31H27ClN4O5. The van der Waals surface area contributed by atoms with Gasteiger partial charge in [0.15, 0.2) is 6.10 Å². The minimum atomic E-state index is -1.46. The first-order chi connectivity index (χ1) is 19.9. The third kappa shape index (κ3) is 7.08. The maximum atomic E-state index is 13.2. The molecule has 3 N–H and O–H groups in total. The number of aliphatic hydroxyl groups is 1. The Balaban J connectivity index is 1.31. The molecule has 0 bridgehead atoms. The van der Waals surface area contributed by atoms with Crippen LogP contribution >= 0.6 is 11.6 Å². The monoisotopic (exact) mass is 570 g/mol. The molecule has 0 saturated carbocycles. The topological polar surface area (TPSA) is 127 Å². The molecule has 0 radical (unpaired) electrons. The average molecular weight is 571 g/mol. The van der Waals surface area contributed by atoms with Crippen LogP contribution in [0.15, 0.2) is 97.1 Å². The lowest BCUT2D eigenvalue weighted by molar-refractivity contribution is -0.155. The molecule has 41 heavy (non-hydrogen) atoms. The van der Waals surface area contributed by atoms with Crippen LogP contribution in [0.5, 0.6) is 0 Å². The second kappa shape index (κ2) is 12.6. The number of carbonyl (C=O) groups excluding carboxylic acids is 2. The molecule has 0 aliphatic carbocycles. The summed E-state index contributed by atoms with van der Waals surface area (Å²) in [5.74, 6) is -1.22. The van der Waals surface area contributed by atoms with Crippen molar-refractivity contribution in [3.05, 3.63) is 119 Å². The molecular weight excluding hydrogens is 544 g/mol. The van der Waals surface area contributed by atoms with E-state index in [1.807, 2.05) is 78.9 Å². The van der Waals surface area contributed by atoms with Crippen molar-refractivity contribution in [1.29, 1.82) is 0 Å². The van der Waals surface area contributed by atoms with E-state index in [0.717, 1.165) is 22.3 Å². The lowest BCUT2D eigenvalue weighted by atomic mass is 9.97. The highest BCUT2D eigenvalue weighted by Gasteiger charge is 2.25. The van der Waals surface area contributed by atoms with Gasteiger partial charge in [0.1, 0.15) is 17.6 Å². The van der Waals surface area contributed by atoms with Crippen LogP contribution in [0.1, 0.15) is 27.9 Å². The Morgan fingerprint density at radius 2 is 1.68 bits per heavy atom. The third-order valence-corrected chi connectivity index (χ3v) is 6.86. The van der Waals surface area contributed by atoms with Crippen molar-refractivity contribution in [3.8, 4) is 11.1 Å². The normalized spacial score (nSPS) is 12.5. The zero-order valence-corrected chi connectivity index (χ0v) is 22.6. The molecule has 4 aromatic carbocycles. The highest BCUT2D eigenvalue weighted by Crippen LogP contribution is 2.24. The van der Waals surface area contributed by atoms with Gasteiger partial charge in [-0.15, -0.1) is 5.10 Å². The minimum absolute atomic E-state index is 0.0294. The number of aromatic nitrogens is 3. The number of esters is 1. The molecule has 5 rings (SSSR count). The first-order valence-electron chi connectivity index (χ1n) is 12.9.